The molecule has 5 heterocycles. The van der Waals surface area contributed by atoms with E-state index < -0.39 is 0 Å². The summed E-state index contributed by atoms with van der Waals surface area (Å²) in [5.74, 6) is 0.923. The number of aromatic nitrogens is 5. The minimum absolute atomic E-state index is 0.0313. The lowest BCUT2D eigenvalue weighted by atomic mass is 9.98. The number of rotatable bonds is 4. The average molecular weight is 438 g/mol. The average Bonchev–Trinajstić information content (AvgIpc) is 3.43. The van der Waals surface area contributed by atoms with E-state index in [4.69, 9.17) is 27.3 Å². The van der Waals surface area contributed by atoms with Crippen LogP contribution in [0.1, 0.15) is 25.7 Å². The van der Waals surface area contributed by atoms with Gasteiger partial charge in [-0.3, -0.25) is 4.68 Å². The van der Waals surface area contributed by atoms with Crippen LogP contribution in [-0.2, 0) is 6.54 Å². The number of nitrogens with zero attached hydrogens (tertiary/aromatic N) is 5. The van der Waals surface area contributed by atoms with Gasteiger partial charge in [-0.1, -0.05) is 17.7 Å². The maximum atomic E-state index is 9.18. The molecule has 2 fully saturated rings. The smallest absolute Gasteiger partial charge is 0.159 e. The van der Waals surface area contributed by atoms with Crippen molar-refractivity contribution in [2.24, 2.45) is 5.73 Å². The van der Waals surface area contributed by atoms with Crippen molar-refractivity contribution in [3.8, 4) is 11.1 Å². The summed E-state index contributed by atoms with van der Waals surface area (Å²) >= 11 is 6.76. The summed E-state index contributed by atoms with van der Waals surface area (Å²) < 4.78 is 1.71. The number of nitrogens with two attached hydrogens (primary N) is 1. The van der Waals surface area contributed by atoms with Crippen LogP contribution in [0.25, 0.3) is 33.2 Å². The molecule has 9 heteroatoms. The Morgan fingerprint density at radius 2 is 2.00 bits per heavy atom. The lowest BCUT2D eigenvalue weighted by Crippen LogP contribution is -2.47. The van der Waals surface area contributed by atoms with Crippen LogP contribution in [-0.4, -0.2) is 54.6 Å². The molecule has 1 unspecified atom stereocenters. The predicted octanol–water partition coefficient (Wildman–Crippen LogP) is 3.08. The monoisotopic (exact) mass is 437 g/mol. The molecule has 3 aromatic heterocycles. The Bertz CT molecular complexity index is 1270. The molecule has 4 aromatic rings. The van der Waals surface area contributed by atoms with Gasteiger partial charge in [-0.2, -0.15) is 5.10 Å². The third-order valence-electron chi connectivity index (χ3n) is 6.69. The lowest BCUT2D eigenvalue weighted by Gasteiger charge is -2.38. The first-order valence-corrected chi connectivity index (χ1v) is 11.1. The molecule has 160 valence electrons. The van der Waals surface area contributed by atoms with Gasteiger partial charge in [0.1, 0.15) is 11.3 Å². The van der Waals surface area contributed by atoms with Crippen LogP contribution >= 0.6 is 11.6 Å². The van der Waals surface area contributed by atoms with Crippen LogP contribution in [0.15, 0.2) is 30.7 Å². The van der Waals surface area contributed by atoms with Crippen LogP contribution in [0, 0.1) is 0 Å². The molecule has 8 nitrogen and oxygen atoms in total. The summed E-state index contributed by atoms with van der Waals surface area (Å²) in [6.07, 6.45) is 10.1. The molecular formula is C22H24ClN7O. The quantitative estimate of drug-likeness (QED) is 0.452. The number of fused-ring (bicyclic) bond motifs is 4. The summed E-state index contributed by atoms with van der Waals surface area (Å²) in [5.41, 5.74) is 10.4. The number of aliphatic hydroxyl groups is 1. The first kappa shape index (κ1) is 19.0. The second kappa shape index (κ2) is 7.19. The van der Waals surface area contributed by atoms with Crippen LogP contribution < -0.4 is 10.6 Å². The molecule has 0 spiro atoms. The van der Waals surface area contributed by atoms with E-state index >= 15 is 0 Å². The highest BCUT2D eigenvalue weighted by Gasteiger charge is 2.40. The lowest BCUT2D eigenvalue weighted by molar-refractivity contribution is 0.270. The maximum absolute atomic E-state index is 9.18. The van der Waals surface area contributed by atoms with Gasteiger partial charge in [-0.05, 0) is 31.7 Å². The van der Waals surface area contributed by atoms with Gasteiger partial charge in [-0.25, -0.2) is 9.97 Å². The highest BCUT2D eigenvalue weighted by Crippen LogP contribution is 2.40. The minimum atomic E-state index is 0.0313. The molecule has 0 saturated carbocycles. The van der Waals surface area contributed by atoms with Crippen LogP contribution in [0.5, 0.6) is 0 Å². The van der Waals surface area contributed by atoms with Gasteiger partial charge in [0.05, 0.1) is 29.9 Å². The number of hydrogen-bond donors (Lipinski definition) is 3. The van der Waals surface area contributed by atoms with E-state index in [0.29, 0.717) is 29.7 Å². The zero-order valence-electron chi connectivity index (χ0n) is 17.0. The number of H-pyrrole nitrogens is 1. The summed E-state index contributed by atoms with van der Waals surface area (Å²) in [7, 11) is 0. The van der Waals surface area contributed by atoms with Gasteiger partial charge in [0.25, 0.3) is 0 Å². The number of hydrogen-bond acceptors (Lipinski definition) is 6. The third kappa shape index (κ3) is 3.01. The molecule has 31 heavy (non-hydrogen) atoms. The Morgan fingerprint density at radius 3 is 2.77 bits per heavy atom. The van der Waals surface area contributed by atoms with Gasteiger partial charge < -0.3 is 20.7 Å². The molecule has 3 atom stereocenters. The van der Waals surface area contributed by atoms with Crippen molar-refractivity contribution in [2.45, 2.75) is 50.4 Å². The normalized spacial score (nSPS) is 23.3. The molecule has 2 saturated heterocycles. The van der Waals surface area contributed by atoms with E-state index in [9.17, 15) is 5.11 Å². The van der Waals surface area contributed by atoms with Crippen molar-refractivity contribution in [1.82, 2.24) is 24.7 Å². The van der Waals surface area contributed by atoms with Crippen LogP contribution in [0.4, 0.5) is 5.82 Å². The zero-order valence-corrected chi connectivity index (χ0v) is 17.8. The van der Waals surface area contributed by atoms with E-state index in [1.807, 2.05) is 30.7 Å². The fourth-order valence-corrected chi connectivity index (χ4v) is 5.65. The van der Waals surface area contributed by atoms with Gasteiger partial charge in [0.15, 0.2) is 5.65 Å². The molecule has 2 bridgehead atoms. The highest BCUT2D eigenvalue weighted by atomic mass is 35.5. The van der Waals surface area contributed by atoms with Gasteiger partial charge in [0, 0.05) is 47.0 Å². The highest BCUT2D eigenvalue weighted by molar-refractivity contribution is 6.38. The summed E-state index contributed by atoms with van der Waals surface area (Å²) in [4.78, 5) is 15.4. The standard InChI is InChI=1S/C22H24ClN7O/c23-20-15(3-4-18-17(20)11-29(28-18)5-6-31)16-9-26-22-21(16)25-10-19(27-22)30-13-1-2-14(30)8-12(24)7-13/h3-4,9-14,31H,1-2,5-8,24H2,(H,26,27)/t12?,13-,14+. The molecule has 0 amide bonds. The Hall–Kier alpha value is -2.68. The van der Waals surface area contributed by atoms with Crippen molar-refractivity contribution in [3.63, 3.8) is 0 Å². The number of halogens is 1. The van der Waals surface area contributed by atoms with E-state index in [2.05, 4.69) is 15.0 Å². The Morgan fingerprint density at radius 1 is 1.19 bits per heavy atom. The van der Waals surface area contributed by atoms with Crippen molar-refractivity contribution >= 4 is 39.5 Å². The third-order valence-corrected chi connectivity index (χ3v) is 7.10. The summed E-state index contributed by atoms with van der Waals surface area (Å²) in [6.45, 7) is 0.467. The number of anilines is 1. The van der Waals surface area contributed by atoms with Crippen molar-refractivity contribution in [3.05, 3.63) is 35.7 Å². The fraction of sp³-hybridized carbons (Fsp3) is 0.409. The number of piperidine rings is 1. The number of benzene rings is 1. The molecule has 2 aliphatic rings. The Labute approximate surface area is 184 Å². The second-order valence-electron chi connectivity index (χ2n) is 8.63. The molecule has 4 N–H and O–H groups in total. The van der Waals surface area contributed by atoms with Crippen molar-refractivity contribution < 1.29 is 5.11 Å². The van der Waals surface area contributed by atoms with E-state index in [1.165, 1.54) is 12.8 Å². The van der Waals surface area contributed by atoms with Gasteiger partial charge in [0.2, 0.25) is 0 Å². The molecule has 6 rings (SSSR count). The van der Waals surface area contributed by atoms with Crippen LogP contribution in [0.2, 0.25) is 5.02 Å². The van der Waals surface area contributed by atoms with Crippen molar-refractivity contribution in [2.75, 3.05) is 11.5 Å². The number of nitrogens with one attached hydrogen (secondary N) is 1. The number of aliphatic hydroxyl groups excluding tert-OH is 1. The minimum Gasteiger partial charge on any atom is -0.394 e. The predicted molar refractivity (Wildman–Crippen MR) is 121 cm³/mol. The van der Waals surface area contributed by atoms with E-state index in [1.54, 1.807) is 4.68 Å². The summed E-state index contributed by atoms with van der Waals surface area (Å²) in [5, 5.41) is 15.1. The van der Waals surface area contributed by atoms with E-state index in [0.717, 1.165) is 51.9 Å². The molecule has 0 radical (unpaired) electrons. The van der Waals surface area contributed by atoms with Gasteiger partial charge >= 0.3 is 0 Å². The molecule has 1 aromatic carbocycles. The Balaban J connectivity index is 1.39. The maximum Gasteiger partial charge on any atom is 0.159 e. The van der Waals surface area contributed by atoms with E-state index in [-0.39, 0.29) is 6.61 Å². The molecular weight excluding hydrogens is 414 g/mol. The Kier molecular flexibility index (Phi) is 4.41. The van der Waals surface area contributed by atoms with Crippen LogP contribution in [0.3, 0.4) is 0 Å². The largest absolute Gasteiger partial charge is 0.394 e. The first-order valence-electron chi connectivity index (χ1n) is 10.8. The van der Waals surface area contributed by atoms with Crippen molar-refractivity contribution in [1.29, 1.82) is 0 Å². The molecule has 2 aliphatic heterocycles. The topological polar surface area (TPSA) is 109 Å². The summed E-state index contributed by atoms with van der Waals surface area (Å²) in [6, 6.07) is 5.12. The second-order valence-corrected chi connectivity index (χ2v) is 9.01. The zero-order chi connectivity index (χ0) is 21.1. The fourth-order valence-electron chi connectivity index (χ4n) is 5.34. The molecule has 0 aliphatic carbocycles. The van der Waals surface area contributed by atoms with Gasteiger partial charge in [-0.15, -0.1) is 0 Å². The number of aromatic amines is 1. The SMILES string of the molecule is NC1C[C@H]2CC[C@@H](C1)N2c1cnc2c(-c3ccc4nn(CCO)cc4c3Cl)c[nH]c2n1. The first-order chi connectivity index (χ1) is 15.1.